The van der Waals surface area contributed by atoms with Crippen LogP contribution in [0.4, 0.5) is 0 Å². The zero-order valence-corrected chi connectivity index (χ0v) is 11.7. The van der Waals surface area contributed by atoms with Gasteiger partial charge in [0, 0.05) is 18.8 Å². The Morgan fingerprint density at radius 3 is 2.68 bits per heavy atom. The quantitative estimate of drug-likeness (QED) is 0.871. The minimum atomic E-state index is -0.134. The predicted octanol–water partition coefficient (Wildman–Crippen LogP) is 1.39. The van der Waals surface area contributed by atoms with Crippen molar-refractivity contribution in [3.05, 3.63) is 23.8 Å². The van der Waals surface area contributed by atoms with Gasteiger partial charge in [0.05, 0.1) is 11.9 Å². The molecule has 19 heavy (non-hydrogen) atoms. The number of hydrogen-bond acceptors (Lipinski definition) is 4. The van der Waals surface area contributed by atoms with Crippen molar-refractivity contribution in [2.45, 2.75) is 39.2 Å². The van der Waals surface area contributed by atoms with E-state index < -0.39 is 0 Å². The van der Waals surface area contributed by atoms with Gasteiger partial charge < -0.3 is 5.32 Å². The number of aryl methyl sites for hydroxylation is 1. The largest absolute Gasteiger partial charge is 0.349 e. The molecule has 0 radical (unpaired) electrons. The van der Waals surface area contributed by atoms with Crippen LogP contribution in [0, 0.1) is 6.92 Å². The molecule has 1 N–H and O–H groups in total. The molecule has 0 bridgehead atoms. The highest BCUT2D eigenvalue weighted by atomic mass is 16.1. The summed E-state index contributed by atoms with van der Waals surface area (Å²) in [4.78, 5) is 22.6. The topological polar surface area (TPSA) is 58.1 Å². The highest BCUT2D eigenvalue weighted by Crippen LogP contribution is 2.13. The molecule has 1 saturated heterocycles. The lowest BCUT2D eigenvalue weighted by Gasteiger charge is -2.26. The Balaban J connectivity index is 1.86. The molecule has 0 aliphatic carbocycles. The zero-order chi connectivity index (χ0) is 13.7. The predicted molar refractivity (Wildman–Crippen MR) is 74.0 cm³/mol. The fourth-order valence-corrected chi connectivity index (χ4v) is 2.45. The lowest BCUT2D eigenvalue weighted by molar-refractivity contribution is 0.0931. The van der Waals surface area contributed by atoms with Crippen molar-refractivity contribution in [1.82, 2.24) is 20.2 Å². The number of hydrogen-bond donors (Lipinski definition) is 1. The molecule has 0 spiro atoms. The van der Waals surface area contributed by atoms with E-state index in [2.05, 4.69) is 27.1 Å². The van der Waals surface area contributed by atoms with Crippen LogP contribution in [0.2, 0.25) is 0 Å². The molecule has 1 aromatic heterocycles. The Labute approximate surface area is 114 Å². The second-order valence-electron chi connectivity index (χ2n) is 5.06. The summed E-state index contributed by atoms with van der Waals surface area (Å²) in [6.07, 6.45) is 6.75. The standard InChI is InChI=1S/C14H22N4O/c1-3-12(18-6-4-5-7-18)9-17-14(19)13-10-15-11(2)8-16-13/h8,10,12H,3-7,9H2,1-2H3,(H,17,19)/t12-/m0/s1. The lowest BCUT2D eigenvalue weighted by atomic mass is 10.2. The lowest BCUT2D eigenvalue weighted by Crippen LogP contribution is -2.42. The Morgan fingerprint density at radius 2 is 2.11 bits per heavy atom. The van der Waals surface area contributed by atoms with Gasteiger partial charge in [-0.3, -0.25) is 14.7 Å². The fraction of sp³-hybridized carbons (Fsp3) is 0.643. The summed E-state index contributed by atoms with van der Waals surface area (Å²) in [7, 11) is 0. The third kappa shape index (κ3) is 3.73. The van der Waals surface area contributed by atoms with Gasteiger partial charge in [0.1, 0.15) is 5.69 Å². The summed E-state index contributed by atoms with van der Waals surface area (Å²) >= 11 is 0. The minimum Gasteiger partial charge on any atom is -0.349 e. The maximum atomic E-state index is 12.0. The Kier molecular flexibility index (Phi) is 4.85. The molecular weight excluding hydrogens is 240 g/mol. The number of nitrogens with one attached hydrogen (secondary N) is 1. The third-order valence-electron chi connectivity index (χ3n) is 3.64. The highest BCUT2D eigenvalue weighted by molar-refractivity contribution is 5.91. The van der Waals surface area contributed by atoms with E-state index in [1.807, 2.05) is 6.92 Å². The first-order valence-electron chi connectivity index (χ1n) is 7.01. The van der Waals surface area contributed by atoms with Gasteiger partial charge in [0.25, 0.3) is 5.91 Å². The van der Waals surface area contributed by atoms with E-state index in [1.54, 1.807) is 6.20 Å². The molecule has 1 aromatic rings. The Bertz CT molecular complexity index is 412. The van der Waals surface area contributed by atoms with E-state index in [0.717, 1.165) is 25.2 Å². The van der Waals surface area contributed by atoms with Crippen LogP contribution in [0.1, 0.15) is 42.4 Å². The van der Waals surface area contributed by atoms with E-state index in [9.17, 15) is 4.79 Å². The summed E-state index contributed by atoms with van der Waals surface area (Å²) in [5, 5.41) is 2.96. The monoisotopic (exact) mass is 262 g/mol. The van der Waals surface area contributed by atoms with Crippen LogP contribution in [0.25, 0.3) is 0 Å². The van der Waals surface area contributed by atoms with Crippen molar-refractivity contribution < 1.29 is 4.79 Å². The summed E-state index contributed by atoms with van der Waals surface area (Å²) in [5.41, 5.74) is 1.21. The van der Waals surface area contributed by atoms with Gasteiger partial charge in [-0.15, -0.1) is 0 Å². The molecule has 1 aliphatic heterocycles. The van der Waals surface area contributed by atoms with E-state index >= 15 is 0 Å². The van der Waals surface area contributed by atoms with Gasteiger partial charge >= 0.3 is 0 Å². The maximum absolute atomic E-state index is 12.0. The normalized spacial score (nSPS) is 17.4. The van der Waals surface area contributed by atoms with Crippen LogP contribution in [0.15, 0.2) is 12.4 Å². The molecule has 1 atom stereocenters. The van der Waals surface area contributed by atoms with Crippen molar-refractivity contribution in [2.24, 2.45) is 0 Å². The summed E-state index contributed by atoms with van der Waals surface area (Å²) in [6.45, 7) is 7.01. The van der Waals surface area contributed by atoms with Gasteiger partial charge in [0.2, 0.25) is 0 Å². The van der Waals surface area contributed by atoms with Crippen LogP contribution in [-0.2, 0) is 0 Å². The summed E-state index contributed by atoms with van der Waals surface area (Å²) in [6, 6.07) is 0.435. The van der Waals surface area contributed by atoms with Gasteiger partial charge in [-0.1, -0.05) is 6.92 Å². The number of nitrogens with zero attached hydrogens (tertiary/aromatic N) is 3. The Hall–Kier alpha value is -1.49. The number of carbonyl (C=O) groups is 1. The molecule has 1 amide bonds. The van der Waals surface area contributed by atoms with Crippen LogP contribution in [0.5, 0.6) is 0 Å². The molecule has 2 rings (SSSR count). The van der Waals surface area contributed by atoms with Crippen LogP contribution in [-0.4, -0.2) is 46.5 Å². The number of aromatic nitrogens is 2. The summed E-state index contributed by atoms with van der Waals surface area (Å²) in [5.74, 6) is -0.134. The molecule has 0 saturated carbocycles. The van der Waals surface area contributed by atoms with Gasteiger partial charge in [-0.2, -0.15) is 0 Å². The van der Waals surface area contributed by atoms with Crippen molar-refractivity contribution in [1.29, 1.82) is 0 Å². The van der Waals surface area contributed by atoms with E-state index in [1.165, 1.54) is 19.0 Å². The SMILES string of the molecule is CC[C@@H](CNC(=O)c1cnc(C)cn1)N1CCCC1. The van der Waals surface area contributed by atoms with Crippen molar-refractivity contribution in [3.63, 3.8) is 0 Å². The van der Waals surface area contributed by atoms with Gasteiger partial charge in [-0.25, -0.2) is 4.98 Å². The highest BCUT2D eigenvalue weighted by Gasteiger charge is 2.21. The maximum Gasteiger partial charge on any atom is 0.271 e. The second kappa shape index (κ2) is 6.61. The van der Waals surface area contributed by atoms with Crippen molar-refractivity contribution in [2.75, 3.05) is 19.6 Å². The average molecular weight is 262 g/mol. The molecule has 1 aliphatic rings. The van der Waals surface area contributed by atoms with E-state index in [-0.39, 0.29) is 5.91 Å². The number of likely N-dealkylation sites (tertiary alicyclic amines) is 1. The molecular formula is C14H22N4O. The van der Waals surface area contributed by atoms with E-state index in [0.29, 0.717) is 18.3 Å². The van der Waals surface area contributed by atoms with Crippen LogP contribution < -0.4 is 5.32 Å². The Morgan fingerprint density at radius 1 is 1.37 bits per heavy atom. The first kappa shape index (κ1) is 13.9. The second-order valence-corrected chi connectivity index (χ2v) is 5.06. The van der Waals surface area contributed by atoms with Gasteiger partial charge in [-0.05, 0) is 39.3 Å². The van der Waals surface area contributed by atoms with Gasteiger partial charge in [0.15, 0.2) is 0 Å². The number of carbonyl (C=O) groups excluding carboxylic acids is 1. The fourth-order valence-electron chi connectivity index (χ4n) is 2.45. The number of amides is 1. The molecule has 0 unspecified atom stereocenters. The van der Waals surface area contributed by atoms with Crippen LogP contribution >= 0.6 is 0 Å². The minimum absolute atomic E-state index is 0.134. The molecule has 5 nitrogen and oxygen atoms in total. The van der Waals surface area contributed by atoms with Crippen molar-refractivity contribution >= 4 is 5.91 Å². The third-order valence-corrected chi connectivity index (χ3v) is 3.64. The molecule has 104 valence electrons. The number of rotatable bonds is 5. The first-order valence-corrected chi connectivity index (χ1v) is 7.01. The molecule has 5 heteroatoms. The van der Waals surface area contributed by atoms with E-state index in [4.69, 9.17) is 0 Å². The summed E-state index contributed by atoms with van der Waals surface area (Å²) < 4.78 is 0. The zero-order valence-electron chi connectivity index (χ0n) is 11.7. The van der Waals surface area contributed by atoms with Crippen molar-refractivity contribution in [3.8, 4) is 0 Å². The molecule has 0 aromatic carbocycles. The smallest absolute Gasteiger partial charge is 0.271 e. The molecule has 2 heterocycles. The molecule has 1 fully saturated rings. The average Bonchev–Trinajstić information content (AvgIpc) is 2.94. The van der Waals surface area contributed by atoms with Crippen LogP contribution in [0.3, 0.4) is 0 Å². The first-order chi connectivity index (χ1) is 9.20.